The lowest BCUT2D eigenvalue weighted by Crippen LogP contribution is -2.22. The van der Waals surface area contributed by atoms with Gasteiger partial charge in [-0.2, -0.15) is 0 Å². The molecule has 0 bridgehead atoms. The average Bonchev–Trinajstić information content (AvgIpc) is 3.25. The highest BCUT2D eigenvalue weighted by Gasteiger charge is 2.14. The average molecular weight is 544 g/mol. The molecule has 0 spiro atoms. The van der Waals surface area contributed by atoms with E-state index in [0.717, 1.165) is 27.7 Å². The van der Waals surface area contributed by atoms with Gasteiger partial charge in [0.1, 0.15) is 12.4 Å². The molecule has 0 N–H and O–H groups in total. The number of benzene rings is 3. The van der Waals surface area contributed by atoms with Gasteiger partial charge in [0.25, 0.3) is 5.56 Å². The standard InChI is InChI=1S/C25H17BrClFN2O2S/c1-13-7-20-21(8-14(13)2)30-24(31)22(33-25(30)29-20)11-15-9-17(26)23(18(27)10-15)32-12-16-5-3-4-6-19(16)28/h3-11H,12H2,1-2H3/b22-11-. The number of nitrogens with zero attached hydrogens (tertiary/aromatic N) is 2. The van der Waals surface area contributed by atoms with E-state index < -0.39 is 0 Å². The summed E-state index contributed by atoms with van der Waals surface area (Å²) >= 11 is 11.3. The minimum absolute atomic E-state index is 0.0485. The summed E-state index contributed by atoms with van der Waals surface area (Å²) in [5, 5.41) is 0.359. The van der Waals surface area contributed by atoms with Crippen molar-refractivity contribution in [3.63, 3.8) is 0 Å². The molecule has 0 saturated heterocycles. The Kier molecular flexibility index (Phi) is 5.72. The Labute approximate surface area is 206 Å². The molecule has 5 rings (SSSR count). The molecule has 0 amide bonds. The fraction of sp³-hybridized carbons (Fsp3) is 0.120. The quantitative estimate of drug-likeness (QED) is 0.271. The zero-order valence-electron chi connectivity index (χ0n) is 17.7. The molecule has 0 atom stereocenters. The van der Waals surface area contributed by atoms with Crippen LogP contribution in [0.2, 0.25) is 5.02 Å². The second-order valence-corrected chi connectivity index (χ2v) is 10.0. The van der Waals surface area contributed by atoms with Gasteiger partial charge in [-0.15, -0.1) is 0 Å². The first-order valence-corrected chi connectivity index (χ1v) is 12.1. The van der Waals surface area contributed by atoms with Crippen LogP contribution in [-0.4, -0.2) is 9.38 Å². The van der Waals surface area contributed by atoms with Gasteiger partial charge in [0, 0.05) is 5.56 Å². The van der Waals surface area contributed by atoms with E-state index in [9.17, 15) is 9.18 Å². The Balaban J connectivity index is 1.51. The van der Waals surface area contributed by atoms with Gasteiger partial charge in [0.15, 0.2) is 10.7 Å². The van der Waals surface area contributed by atoms with Gasteiger partial charge >= 0.3 is 0 Å². The highest BCUT2D eigenvalue weighted by molar-refractivity contribution is 9.10. The Morgan fingerprint density at radius 3 is 2.70 bits per heavy atom. The number of rotatable bonds is 4. The molecular weight excluding hydrogens is 527 g/mol. The van der Waals surface area contributed by atoms with E-state index in [1.807, 2.05) is 32.0 Å². The number of ether oxygens (including phenoxy) is 1. The second-order valence-electron chi connectivity index (χ2n) is 7.76. The molecule has 0 aliphatic carbocycles. The molecule has 5 aromatic rings. The van der Waals surface area contributed by atoms with E-state index in [4.69, 9.17) is 16.3 Å². The molecule has 2 heterocycles. The molecule has 3 aromatic carbocycles. The van der Waals surface area contributed by atoms with E-state index in [1.54, 1.807) is 34.7 Å². The summed E-state index contributed by atoms with van der Waals surface area (Å²) in [4.78, 5) is 18.4. The Morgan fingerprint density at radius 1 is 1.18 bits per heavy atom. The summed E-state index contributed by atoms with van der Waals surface area (Å²) in [5.41, 5.74) is 4.94. The Morgan fingerprint density at radius 2 is 1.94 bits per heavy atom. The van der Waals surface area contributed by atoms with Crippen LogP contribution in [0.15, 0.2) is 57.8 Å². The third kappa shape index (κ3) is 4.05. The van der Waals surface area contributed by atoms with E-state index in [2.05, 4.69) is 20.9 Å². The maximum absolute atomic E-state index is 13.9. The molecule has 4 nitrogen and oxygen atoms in total. The maximum Gasteiger partial charge on any atom is 0.274 e. The normalized spacial score (nSPS) is 12.2. The molecule has 0 aliphatic heterocycles. The number of aryl methyl sites for hydroxylation is 2. The van der Waals surface area contributed by atoms with Crippen LogP contribution in [0.1, 0.15) is 22.3 Å². The number of hydrogen-bond donors (Lipinski definition) is 0. The second kappa shape index (κ2) is 8.56. The minimum atomic E-state index is -0.335. The molecule has 8 heteroatoms. The zero-order valence-corrected chi connectivity index (χ0v) is 20.8. The molecule has 0 radical (unpaired) electrons. The van der Waals surface area contributed by atoms with Crippen molar-refractivity contribution in [1.82, 2.24) is 9.38 Å². The van der Waals surface area contributed by atoms with Crippen molar-refractivity contribution in [2.75, 3.05) is 0 Å². The highest BCUT2D eigenvalue weighted by atomic mass is 79.9. The lowest BCUT2D eigenvalue weighted by molar-refractivity contribution is 0.298. The topological polar surface area (TPSA) is 43.6 Å². The lowest BCUT2D eigenvalue weighted by Gasteiger charge is -2.11. The van der Waals surface area contributed by atoms with Crippen molar-refractivity contribution in [2.24, 2.45) is 0 Å². The van der Waals surface area contributed by atoms with Crippen LogP contribution < -0.4 is 14.8 Å². The first-order valence-electron chi connectivity index (χ1n) is 10.1. The summed E-state index contributed by atoms with van der Waals surface area (Å²) in [6.07, 6.45) is 1.78. The van der Waals surface area contributed by atoms with Crippen LogP contribution in [0.4, 0.5) is 4.39 Å². The Bertz CT molecular complexity index is 1640. The first-order chi connectivity index (χ1) is 15.8. The fourth-order valence-corrected chi connectivity index (χ4v) is 5.61. The Hall–Kier alpha value is -2.74. The lowest BCUT2D eigenvalue weighted by atomic mass is 10.1. The summed E-state index contributed by atoms with van der Waals surface area (Å²) in [5.74, 6) is 0.0792. The summed E-state index contributed by atoms with van der Waals surface area (Å²) in [7, 11) is 0. The predicted octanol–water partition coefficient (Wildman–Crippen LogP) is 6.21. The number of aromatic nitrogens is 2. The van der Waals surface area contributed by atoms with Crippen molar-refractivity contribution in [3.8, 4) is 5.75 Å². The van der Waals surface area contributed by atoms with E-state index in [0.29, 0.717) is 30.3 Å². The van der Waals surface area contributed by atoms with Crippen molar-refractivity contribution >= 4 is 60.9 Å². The third-order valence-corrected chi connectivity index (χ3v) is 7.34. The molecule has 0 unspecified atom stereocenters. The number of hydrogen-bond acceptors (Lipinski definition) is 4. The van der Waals surface area contributed by atoms with Crippen molar-refractivity contribution in [3.05, 3.63) is 101 Å². The van der Waals surface area contributed by atoms with E-state index in [1.165, 1.54) is 17.4 Å². The number of thiazole rings is 1. The number of halogens is 3. The van der Waals surface area contributed by atoms with Gasteiger partial charge in [-0.3, -0.25) is 4.79 Å². The van der Waals surface area contributed by atoms with Gasteiger partial charge in [-0.25, -0.2) is 13.8 Å². The van der Waals surface area contributed by atoms with Crippen molar-refractivity contribution < 1.29 is 9.13 Å². The fourth-order valence-electron chi connectivity index (χ4n) is 3.64. The molecule has 33 heavy (non-hydrogen) atoms. The zero-order chi connectivity index (χ0) is 23.3. The molecule has 0 aliphatic rings. The first kappa shape index (κ1) is 22.1. The van der Waals surface area contributed by atoms with E-state index in [-0.39, 0.29) is 18.0 Å². The van der Waals surface area contributed by atoms with Gasteiger partial charge < -0.3 is 4.74 Å². The van der Waals surface area contributed by atoms with Crippen LogP contribution in [0.25, 0.3) is 22.1 Å². The highest BCUT2D eigenvalue weighted by Crippen LogP contribution is 2.35. The predicted molar refractivity (Wildman–Crippen MR) is 135 cm³/mol. The summed E-state index contributed by atoms with van der Waals surface area (Å²) in [6.45, 7) is 4.10. The molecule has 0 fully saturated rings. The smallest absolute Gasteiger partial charge is 0.274 e. The van der Waals surface area contributed by atoms with Crippen LogP contribution in [0.5, 0.6) is 5.75 Å². The minimum Gasteiger partial charge on any atom is -0.486 e. The maximum atomic E-state index is 13.9. The number of fused-ring (bicyclic) bond motifs is 3. The van der Waals surface area contributed by atoms with Crippen molar-refractivity contribution in [1.29, 1.82) is 0 Å². The van der Waals surface area contributed by atoms with Gasteiger partial charge in [0.2, 0.25) is 0 Å². The SMILES string of the molecule is Cc1cc2nc3s/c(=C\c4cc(Cl)c(OCc5ccccc5F)c(Br)c4)c(=O)n3c2cc1C. The van der Waals surface area contributed by atoms with Gasteiger partial charge in [-0.05, 0) is 82.9 Å². The molecule has 166 valence electrons. The number of imidazole rings is 1. The monoisotopic (exact) mass is 542 g/mol. The molecular formula is C25H17BrClFN2O2S. The van der Waals surface area contributed by atoms with Gasteiger partial charge in [-0.1, -0.05) is 41.1 Å². The van der Waals surface area contributed by atoms with E-state index >= 15 is 0 Å². The third-order valence-electron chi connectivity index (χ3n) is 5.50. The van der Waals surface area contributed by atoms with Crippen LogP contribution in [-0.2, 0) is 6.61 Å². The van der Waals surface area contributed by atoms with Crippen LogP contribution >= 0.6 is 38.9 Å². The molecule has 0 saturated carbocycles. The van der Waals surface area contributed by atoms with Crippen molar-refractivity contribution in [2.45, 2.75) is 20.5 Å². The summed E-state index contributed by atoms with van der Waals surface area (Å²) < 4.78 is 22.5. The summed E-state index contributed by atoms with van der Waals surface area (Å²) in [6, 6.07) is 14.0. The van der Waals surface area contributed by atoms with Crippen LogP contribution in [0, 0.1) is 19.7 Å². The molecule has 2 aromatic heterocycles. The van der Waals surface area contributed by atoms with Crippen LogP contribution in [0.3, 0.4) is 0 Å². The largest absolute Gasteiger partial charge is 0.486 e. The van der Waals surface area contributed by atoms with Gasteiger partial charge in [0.05, 0.1) is 25.1 Å².